The standard InChI is InChI=1S/C26H28O4S/c1-5-29-23(28)17-12-19(31-15-17)7-8-21(27)16-6-9-22-20(13-16)25(3)24(2)11-10-18(14-24)26(25,4)30-22/h6-9,12-13,15,18H,5,10-11,14H2,1-4H3. The molecule has 5 heteroatoms. The van der Waals surface area contributed by atoms with E-state index in [1.807, 2.05) is 12.1 Å². The molecule has 2 saturated carbocycles. The average molecular weight is 437 g/mol. The molecule has 0 spiro atoms. The molecule has 0 N–H and O–H groups in total. The van der Waals surface area contributed by atoms with Crippen LogP contribution in [0.15, 0.2) is 35.7 Å². The third kappa shape index (κ3) is 2.72. The molecule has 4 atom stereocenters. The van der Waals surface area contributed by atoms with Crippen LogP contribution in [0.25, 0.3) is 6.08 Å². The van der Waals surface area contributed by atoms with Crippen molar-refractivity contribution in [1.29, 1.82) is 0 Å². The molecule has 1 aliphatic heterocycles. The summed E-state index contributed by atoms with van der Waals surface area (Å²) < 4.78 is 11.6. The number of hydrogen-bond acceptors (Lipinski definition) is 5. The van der Waals surface area contributed by atoms with Crippen molar-refractivity contribution in [3.05, 3.63) is 57.3 Å². The highest BCUT2D eigenvalue weighted by Crippen LogP contribution is 2.73. The topological polar surface area (TPSA) is 52.6 Å². The second-order valence-corrected chi connectivity index (χ2v) is 10.6. The minimum atomic E-state index is -0.334. The van der Waals surface area contributed by atoms with Crippen LogP contribution in [0.4, 0.5) is 0 Å². The lowest BCUT2D eigenvalue weighted by molar-refractivity contribution is -0.0260. The lowest BCUT2D eigenvalue weighted by Crippen LogP contribution is -2.54. The Kier molecular flexibility index (Phi) is 4.50. The summed E-state index contributed by atoms with van der Waals surface area (Å²) in [5.41, 5.74) is 2.30. The van der Waals surface area contributed by atoms with E-state index in [2.05, 4.69) is 26.8 Å². The molecule has 2 bridgehead atoms. The van der Waals surface area contributed by atoms with Gasteiger partial charge in [-0.05, 0) is 80.9 Å². The molecule has 4 unspecified atom stereocenters. The highest BCUT2D eigenvalue weighted by molar-refractivity contribution is 7.11. The predicted molar refractivity (Wildman–Crippen MR) is 122 cm³/mol. The van der Waals surface area contributed by atoms with Crippen LogP contribution in [-0.2, 0) is 10.2 Å². The van der Waals surface area contributed by atoms with E-state index in [-0.39, 0.29) is 28.2 Å². The van der Waals surface area contributed by atoms with E-state index in [0.717, 1.165) is 10.6 Å². The average Bonchev–Trinajstić information content (AvgIpc) is 3.46. The number of rotatable bonds is 5. The molecule has 1 aromatic heterocycles. The summed E-state index contributed by atoms with van der Waals surface area (Å²) in [6.45, 7) is 9.12. The number of hydrogen-bond donors (Lipinski definition) is 0. The lowest BCUT2D eigenvalue weighted by Gasteiger charge is -2.48. The first kappa shape index (κ1) is 20.5. The summed E-state index contributed by atoms with van der Waals surface area (Å²) in [5, 5.41) is 1.76. The molecule has 2 aliphatic carbocycles. The number of carbonyl (C=O) groups excluding carboxylic acids is 2. The Morgan fingerprint density at radius 2 is 2.03 bits per heavy atom. The van der Waals surface area contributed by atoms with Gasteiger partial charge in [-0.25, -0.2) is 4.79 Å². The van der Waals surface area contributed by atoms with Crippen molar-refractivity contribution < 1.29 is 19.1 Å². The maximum Gasteiger partial charge on any atom is 0.338 e. The first-order valence-electron chi connectivity index (χ1n) is 11.0. The molecule has 31 heavy (non-hydrogen) atoms. The van der Waals surface area contributed by atoms with Crippen LogP contribution >= 0.6 is 11.3 Å². The Bertz CT molecular complexity index is 1110. The number of ketones is 1. The van der Waals surface area contributed by atoms with E-state index < -0.39 is 0 Å². The maximum atomic E-state index is 13.0. The number of benzene rings is 1. The fraction of sp³-hybridized carbons (Fsp3) is 0.462. The smallest absolute Gasteiger partial charge is 0.338 e. The summed E-state index contributed by atoms with van der Waals surface area (Å²) >= 11 is 1.42. The summed E-state index contributed by atoms with van der Waals surface area (Å²) in [7, 11) is 0. The quantitative estimate of drug-likeness (QED) is 0.325. The normalized spacial score (nSPS) is 32.7. The Morgan fingerprint density at radius 3 is 2.81 bits per heavy atom. The Labute approximate surface area is 187 Å². The van der Waals surface area contributed by atoms with Crippen molar-refractivity contribution in [2.45, 2.75) is 58.0 Å². The zero-order valence-corrected chi connectivity index (χ0v) is 19.3. The Balaban J connectivity index is 1.41. The molecule has 2 heterocycles. The lowest BCUT2D eigenvalue weighted by atomic mass is 9.56. The highest BCUT2D eigenvalue weighted by Gasteiger charge is 2.73. The second-order valence-electron chi connectivity index (χ2n) is 9.70. The van der Waals surface area contributed by atoms with Crippen LogP contribution in [0.2, 0.25) is 0 Å². The SMILES string of the molecule is CCOC(=O)c1csc(C=CC(=O)c2ccc3c(c2)C2(C)C4(C)CCC(C4)C2(C)O3)c1. The van der Waals surface area contributed by atoms with Gasteiger partial charge in [0.25, 0.3) is 0 Å². The molecule has 5 rings (SSSR count). The van der Waals surface area contributed by atoms with Crippen LogP contribution in [0, 0.1) is 11.3 Å². The summed E-state index contributed by atoms with van der Waals surface area (Å²) in [6.07, 6.45) is 6.98. The van der Waals surface area contributed by atoms with Gasteiger partial charge < -0.3 is 9.47 Å². The minimum absolute atomic E-state index is 0.0422. The van der Waals surface area contributed by atoms with E-state index in [4.69, 9.17) is 9.47 Å². The van der Waals surface area contributed by atoms with E-state index in [9.17, 15) is 9.59 Å². The van der Waals surface area contributed by atoms with Crippen LogP contribution in [0.1, 0.15) is 78.1 Å². The highest BCUT2D eigenvalue weighted by atomic mass is 32.1. The first-order valence-corrected chi connectivity index (χ1v) is 11.9. The van der Waals surface area contributed by atoms with Crippen LogP contribution in [0.5, 0.6) is 5.75 Å². The fourth-order valence-electron chi connectivity index (χ4n) is 6.36. The third-order valence-electron chi connectivity index (χ3n) is 8.38. The van der Waals surface area contributed by atoms with Crippen molar-refractivity contribution in [2.24, 2.45) is 11.3 Å². The summed E-state index contributed by atoms with van der Waals surface area (Å²) in [6, 6.07) is 7.64. The van der Waals surface area contributed by atoms with Gasteiger partial charge in [0, 0.05) is 26.8 Å². The maximum absolute atomic E-state index is 13.0. The van der Waals surface area contributed by atoms with Gasteiger partial charge in [0.05, 0.1) is 12.2 Å². The molecule has 3 aliphatic rings. The van der Waals surface area contributed by atoms with Crippen molar-refractivity contribution in [3.63, 3.8) is 0 Å². The zero-order valence-electron chi connectivity index (χ0n) is 18.5. The Hall–Kier alpha value is -2.40. The molecule has 2 fully saturated rings. The molecule has 0 radical (unpaired) electrons. The molecule has 4 nitrogen and oxygen atoms in total. The largest absolute Gasteiger partial charge is 0.486 e. The van der Waals surface area contributed by atoms with Gasteiger partial charge in [-0.2, -0.15) is 0 Å². The van der Waals surface area contributed by atoms with E-state index in [0.29, 0.717) is 23.7 Å². The summed E-state index contributed by atoms with van der Waals surface area (Å²) in [5.74, 6) is 1.13. The van der Waals surface area contributed by atoms with Crippen molar-refractivity contribution in [1.82, 2.24) is 0 Å². The van der Waals surface area contributed by atoms with Gasteiger partial charge in [-0.1, -0.05) is 13.8 Å². The summed E-state index contributed by atoms with van der Waals surface area (Å²) in [4.78, 5) is 25.6. The molecule has 162 valence electrons. The number of esters is 1. The fourth-order valence-corrected chi connectivity index (χ4v) is 7.13. The van der Waals surface area contributed by atoms with Gasteiger partial charge in [-0.15, -0.1) is 11.3 Å². The molecule has 2 aromatic rings. The van der Waals surface area contributed by atoms with Gasteiger partial charge in [-0.3, -0.25) is 4.79 Å². The predicted octanol–water partition coefficient (Wildman–Crippen LogP) is 6.05. The van der Waals surface area contributed by atoms with Gasteiger partial charge in [0.1, 0.15) is 11.4 Å². The number of allylic oxidation sites excluding steroid dienone is 1. The first-order chi connectivity index (χ1) is 14.7. The van der Waals surface area contributed by atoms with Crippen molar-refractivity contribution in [2.75, 3.05) is 6.61 Å². The van der Waals surface area contributed by atoms with E-state index in [1.54, 1.807) is 30.5 Å². The number of thiophene rings is 1. The molecule has 0 amide bonds. The number of ether oxygens (including phenoxy) is 2. The molecular weight excluding hydrogens is 408 g/mol. The third-order valence-corrected chi connectivity index (χ3v) is 9.27. The van der Waals surface area contributed by atoms with E-state index >= 15 is 0 Å². The molecular formula is C26H28O4S. The van der Waals surface area contributed by atoms with Gasteiger partial charge in [0.15, 0.2) is 5.78 Å². The van der Waals surface area contributed by atoms with Crippen molar-refractivity contribution >= 4 is 29.2 Å². The second kappa shape index (κ2) is 6.80. The zero-order chi connectivity index (χ0) is 22.0. The molecule has 0 saturated heterocycles. The van der Waals surface area contributed by atoms with Gasteiger partial charge in [0.2, 0.25) is 0 Å². The van der Waals surface area contributed by atoms with E-state index in [1.165, 1.54) is 36.2 Å². The van der Waals surface area contributed by atoms with Crippen LogP contribution in [-0.4, -0.2) is 24.0 Å². The van der Waals surface area contributed by atoms with Crippen LogP contribution < -0.4 is 4.74 Å². The number of fused-ring (bicyclic) bond motifs is 7. The Morgan fingerprint density at radius 1 is 1.23 bits per heavy atom. The monoisotopic (exact) mass is 436 g/mol. The molecule has 1 aromatic carbocycles. The number of carbonyl (C=O) groups is 2. The van der Waals surface area contributed by atoms with Gasteiger partial charge >= 0.3 is 5.97 Å². The van der Waals surface area contributed by atoms with Crippen LogP contribution in [0.3, 0.4) is 0 Å². The minimum Gasteiger partial charge on any atom is -0.486 e. The van der Waals surface area contributed by atoms with Crippen molar-refractivity contribution in [3.8, 4) is 5.75 Å².